The van der Waals surface area contributed by atoms with Gasteiger partial charge in [-0.2, -0.15) is 0 Å². The quantitative estimate of drug-likeness (QED) is 0.781. The minimum atomic E-state index is -0.720. The van der Waals surface area contributed by atoms with Gasteiger partial charge in [-0.15, -0.1) is 0 Å². The van der Waals surface area contributed by atoms with Crippen molar-refractivity contribution >= 4 is 10.9 Å². The van der Waals surface area contributed by atoms with Crippen molar-refractivity contribution in [3.63, 3.8) is 0 Å². The molecule has 2 aromatic rings. The van der Waals surface area contributed by atoms with Crippen molar-refractivity contribution in [1.29, 1.82) is 0 Å². The van der Waals surface area contributed by atoms with Gasteiger partial charge in [0.1, 0.15) is 0 Å². The number of benzene rings is 1. The zero-order valence-electron chi connectivity index (χ0n) is 12.4. The number of nitrogens with zero attached hydrogens (tertiary/aromatic N) is 1. The maximum Gasteiger partial charge on any atom is 0.0949 e. The molecule has 4 nitrogen and oxygen atoms in total. The van der Waals surface area contributed by atoms with Crippen LogP contribution in [0.4, 0.5) is 0 Å². The van der Waals surface area contributed by atoms with Gasteiger partial charge >= 0.3 is 0 Å². The first kappa shape index (κ1) is 15.0. The SMILES string of the molecule is CC(C)(C)NCc1ccc2ccn(CC(O)CO)c2c1. The number of rotatable bonds is 5. The van der Waals surface area contributed by atoms with Crippen molar-refractivity contribution < 1.29 is 10.2 Å². The first-order chi connectivity index (χ1) is 9.39. The molecule has 3 N–H and O–H groups in total. The number of fused-ring (bicyclic) bond motifs is 1. The van der Waals surface area contributed by atoms with Crippen LogP contribution in [0.1, 0.15) is 26.3 Å². The number of nitrogens with one attached hydrogen (secondary N) is 1. The van der Waals surface area contributed by atoms with Crippen LogP contribution in [-0.2, 0) is 13.1 Å². The largest absolute Gasteiger partial charge is 0.394 e. The maximum absolute atomic E-state index is 9.59. The molecular weight excluding hydrogens is 252 g/mol. The summed E-state index contributed by atoms with van der Waals surface area (Å²) in [6.07, 6.45) is 1.23. The Kier molecular flexibility index (Phi) is 4.48. The standard InChI is InChI=1S/C16H24N2O2/c1-16(2,3)17-9-12-4-5-13-6-7-18(15(13)8-12)10-14(20)11-19/h4-8,14,17,19-20H,9-11H2,1-3H3. The molecule has 0 aliphatic heterocycles. The van der Waals surface area contributed by atoms with Crippen molar-refractivity contribution in [2.75, 3.05) is 6.61 Å². The van der Waals surface area contributed by atoms with E-state index in [-0.39, 0.29) is 12.1 Å². The Morgan fingerprint density at radius 1 is 1.25 bits per heavy atom. The average molecular weight is 276 g/mol. The Morgan fingerprint density at radius 2 is 2.00 bits per heavy atom. The van der Waals surface area contributed by atoms with E-state index >= 15 is 0 Å². The van der Waals surface area contributed by atoms with Crippen LogP contribution >= 0.6 is 0 Å². The molecule has 1 aromatic heterocycles. The van der Waals surface area contributed by atoms with Crippen molar-refractivity contribution in [2.24, 2.45) is 0 Å². The molecule has 0 aliphatic carbocycles. The van der Waals surface area contributed by atoms with Gasteiger partial charge < -0.3 is 20.1 Å². The van der Waals surface area contributed by atoms with Gasteiger partial charge in [-0.1, -0.05) is 12.1 Å². The molecule has 2 rings (SSSR count). The Hall–Kier alpha value is -1.36. The van der Waals surface area contributed by atoms with Gasteiger partial charge in [0.05, 0.1) is 19.3 Å². The molecule has 1 unspecified atom stereocenters. The van der Waals surface area contributed by atoms with E-state index in [1.54, 1.807) is 0 Å². The molecule has 1 aromatic carbocycles. The van der Waals surface area contributed by atoms with Gasteiger partial charge in [-0.05, 0) is 43.9 Å². The van der Waals surface area contributed by atoms with Gasteiger partial charge in [0.25, 0.3) is 0 Å². The van der Waals surface area contributed by atoms with E-state index in [2.05, 4.69) is 44.3 Å². The van der Waals surface area contributed by atoms with Crippen LogP contribution in [0.5, 0.6) is 0 Å². The third-order valence-corrected chi connectivity index (χ3v) is 3.28. The Bertz CT molecular complexity index is 569. The first-order valence-electron chi connectivity index (χ1n) is 7.01. The van der Waals surface area contributed by atoms with E-state index in [0.717, 1.165) is 17.4 Å². The molecular formula is C16H24N2O2. The minimum Gasteiger partial charge on any atom is -0.394 e. The second kappa shape index (κ2) is 5.95. The van der Waals surface area contributed by atoms with Crippen molar-refractivity contribution in [3.8, 4) is 0 Å². The summed E-state index contributed by atoms with van der Waals surface area (Å²) in [7, 11) is 0. The number of hydrogen-bond donors (Lipinski definition) is 3. The van der Waals surface area contributed by atoms with E-state index < -0.39 is 6.10 Å². The lowest BCUT2D eigenvalue weighted by Crippen LogP contribution is -2.35. The molecule has 0 saturated heterocycles. The van der Waals surface area contributed by atoms with Gasteiger partial charge in [-0.3, -0.25) is 0 Å². The van der Waals surface area contributed by atoms with Gasteiger partial charge in [0, 0.05) is 23.8 Å². The van der Waals surface area contributed by atoms with E-state index in [4.69, 9.17) is 5.11 Å². The van der Waals surface area contributed by atoms with Crippen LogP contribution in [0.3, 0.4) is 0 Å². The van der Waals surface area contributed by atoms with E-state index in [1.807, 2.05) is 16.8 Å². The number of aromatic nitrogens is 1. The molecule has 0 bridgehead atoms. The highest BCUT2D eigenvalue weighted by Gasteiger charge is 2.10. The highest BCUT2D eigenvalue weighted by atomic mass is 16.3. The molecule has 0 fully saturated rings. The summed E-state index contributed by atoms with van der Waals surface area (Å²) >= 11 is 0. The molecule has 1 atom stereocenters. The summed E-state index contributed by atoms with van der Waals surface area (Å²) in [5.41, 5.74) is 2.39. The van der Waals surface area contributed by atoms with E-state index in [9.17, 15) is 5.11 Å². The lowest BCUT2D eigenvalue weighted by atomic mass is 10.1. The van der Waals surface area contributed by atoms with Crippen LogP contribution in [0.25, 0.3) is 10.9 Å². The van der Waals surface area contributed by atoms with Crippen LogP contribution < -0.4 is 5.32 Å². The normalized spacial score (nSPS) is 13.8. The summed E-state index contributed by atoms with van der Waals surface area (Å²) in [6, 6.07) is 8.38. The van der Waals surface area contributed by atoms with Gasteiger partial charge in [0.15, 0.2) is 0 Å². The van der Waals surface area contributed by atoms with Crippen molar-refractivity contribution in [3.05, 3.63) is 36.0 Å². The van der Waals surface area contributed by atoms with Crippen LogP contribution in [0.15, 0.2) is 30.5 Å². The number of aliphatic hydroxyl groups is 2. The van der Waals surface area contributed by atoms with Gasteiger partial charge in [-0.25, -0.2) is 0 Å². The highest BCUT2D eigenvalue weighted by Crippen LogP contribution is 2.18. The summed E-state index contributed by atoms with van der Waals surface area (Å²) in [4.78, 5) is 0. The molecule has 0 aliphatic rings. The summed E-state index contributed by atoms with van der Waals surface area (Å²) in [5, 5.41) is 23.2. The van der Waals surface area contributed by atoms with E-state index in [0.29, 0.717) is 6.54 Å². The number of aliphatic hydroxyl groups excluding tert-OH is 2. The molecule has 4 heteroatoms. The van der Waals surface area contributed by atoms with Crippen molar-refractivity contribution in [1.82, 2.24) is 9.88 Å². The smallest absolute Gasteiger partial charge is 0.0949 e. The molecule has 20 heavy (non-hydrogen) atoms. The zero-order chi connectivity index (χ0) is 14.8. The Balaban J connectivity index is 2.20. The molecule has 0 radical (unpaired) electrons. The summed E-state index contributed by atoms with van der Waals surface area (Å²) in [5.74, 6) is 0. The molecule has 0 saturated carbocycles. The second-order valence-electron chi connectivity index (χ2n) is 6.30. The third-order valence-electron chi connectivity index (χ3n) is 3.28. The fraction of sp³-hybridized carbons (Fsp3) is 0.500. The van der Waals surface area contributed by atoms with Gasteiger partial charge in [0.2, 0.25) is 0 Å². The van der Waals surface area contributed by atoms with Crippen LogP contribution in [0, 0.1) is 0 Å². The maximum atomic E-state index is 9.59. The topological polar surface area (TPSA) is 57.4 Å². The molecule has 0 spiro atoms. The van der Waals surface area contributed by atoms with E-state index in [1.165, 1.54) is 5.56 Å². The fourth-order valence-corrected chi connectivity index (χ4v) is 2.15. The molecule has 1 heterocycles. The zero-order valence-corrected chi connectivity index (χ0v) is 12.4. The minimum absolute atomic E-state index is 0.0873. The average Bonchev–Trinajstić information content (AvgIpc) is 2.78. The molecule has 0 amide bonds. The summed E-state index contributed by atoms with van der Waals surface area (Å²) in [6.45, 7) is 7.44. The first-order valence-corrected chi connectivity index (χ1v) is 7.01. The monoisotopic (exact) mass is 276 g/mol. The molecule has 110 valence electrons. The van der Waals surface area contributed by atoms with Crippen LogP contribution in [-0.4, -0.2) is 33.0 Å². The lowest BCUT2D eigenvalue weighted by Gasteiger charge is -2.20. The lowest BCUT2D eigenvalue weighted by molar-refractivity contribution is 0.0822. The summed E-state index contributed by atoms with van der Waals surface area (Å²) < 4.78 is 1.98. The highest BCUT2D eigenvalue weighted by molar-refractivity contribution is 5.80. The second-order valence-corrected chi connectivity index (χ2v) is 6.30. The Morgan fingerprint density at radius 3 is 2.65 bits per heavy atom. The Labute approximate surface area is 120 Å². The van der Waals surface area contributed by atoms with Crippen molar-refractivity contribution in [2.45, 2.75) is 45.5 Å². The fourth-order valence-electron chi connectivity index (χ4n) is 2.15. The number of hydrogen-bond acceptors (Lipinski definition) is 3. The third kappa shape index (κ3) is 3.82. The predicted molar refractivity (Wildman–Crippen MR) is 81.6 cm³/mol. The van der Waals surface area contributed by atoms with Crippen LogP contribution in [0.2, 0.25) is 0 Å². The predicted octanol–water partition coefficient (Wildman–Crippen LogP) is 1.88.